The van der Waals surface area contributed by atoms with Crippen LogP contribution in [-0.2, 0) is 9.53 Å². The monoisotopic (exact) mass is 440 g/mol. The molecule has 2 aliphatic rings. The van der Waals surface area contributed by atoms with Crippen molar-refractivity contribution >= 4 is 29.5 Å². The van der Waals surface area contributed by atoms with E-state index in [0.717, 1.165) is 43.0 Å². The molecule has 0 aliphatic carbocycles. The first kappa shape index (κ1) is 21.6. The summed E-state index contributed by atoms with van der Waals surface area (Å²) in [5, 5.41) is 0. The highest BCUT2D eigenvalue weighted by molar-refractivity contribution is 7.99. The normalized spacial score (nSPS) is 19.2. The molecule has 0 saturated carbocycles. The van der Waals surface area contributed by atoms with Crippen molar-refractivity contribution in [1.29, 1.82) is 0 Å². The molecule has 3 heterocycles. The van der Waals surface area contributed by atoms with Gasteiger partial charge >= 0.3 is 5.97 Å². The number of thioether (sulfide) groups is 1. The van der Waals surface area contributed by atoms with Gasteiger partial charge in [0.15, 0.2) is 5.82 Å². The molecule has 0 bridgehead atoms. The Hall–Kier alpha value is -2.61. The number of hydrogen-bond acceptors (Lipinski definition) is 7. The van der Waals surface area contributed by atoms with E-state index in [1.165, 1.54) is 0 Å². The molecule has 1 atom stereocenters. The first-order valence-corrected chi connectivity index (χ1v) is 12.0. The van der Waals surface area contributed by atoms with Crippen LogP contribution in [-0.4, -0.2) is 71.0 Å². The van der Waals surface area contributed by atoms with E-state index in [9.17, 15) is 9.59 Å². The quantitative estimate of drug-likeness (QED) is 0.661. The van der Waals surface area contributed by atoms with Crippen LogP contribution in [0.25, 0.3) is 11.4 Å². The third-order valence-corrected chi connectivity index (χ3v) is 6.61. The lowest BCUT2D eigenvalue weighted by Crippen LogP contribution is -2.44. The van der Waals surface area contributed by atoms with Crippen molar-refractivity contribution in [3.05, 3.63) is 42.1 Å². The zero-order valence-corrected chi connectivity index (χ0v) is 18.6. The fraction of sp³-hybridized carbons (Fsp3) is 0.478. The van der Waals surface area contributed by atoms with Crippen molar-refractivity contribution in [2.24, 2.45) is 5.92 Å². The number of benzene rings is 1. The number of carbonyl (C=O) groups is 2. The van der Waals surface area contributed by atoms with Gasteiger partial charge in [0.25, 0.3) is 5.91 Å². The lowest BCUT2D eigenvalue weighted by atomic mass is 9.97. The number of rotatable bonds is 5. The molecule has 0 radical (unpaired) electrons. The fourth-order valence-corrected chi connectivity index (χ4v) is 4.95. The molecule has 1 aromatic heterocycles. The molecule has 7 nitrogen and oxygen atoms in total. The predicted molar refractivity (Wildman–Crippen MR) is 122 cm³/mol. The van der Waals surface area contributed by atoms with Crippen molar-refractivity contribution < 1.29 is 14.3 Å². The number of piperidine rings is 1. The first-order valence-electron chi connectivity index (χ1n) is 10.9. The zero-order valence-electron chi connectivity index (χ0n) is 17.8. The van der Waals surface area contributed by atoms with Crippen LogP contribution in [0, 0.1) is 5.92 Å². The average molecular weight is 441 g/mol. The number of anilines is 1. The van der Waals surface area contributed by atoms with Gasteiger partial charge in [0, 0.05) is 49.4 Å². The summed E-state index contributed by atoms with van der Waals surface area (Å²) in [7, 11) is 0. The molecular weight excluding hydrogens is 412 g/mol. The summed E-state index contributed by atoms with van der Waals surface area (Å²) >= 11 is 1.91. The Bertz CT molecular complexity index is 918. The predicted octanol–water partition coefficient (Wildman–Crippen LogP) is 3.11. The van der Waals surface area contributed by atoms with E-state index in [0.29, 0.717) is 36.9 Å². The van der Waals surface area contributed by atoms with Crippen molar-refractivity contribution in [1.82, 2.24) is 14.9 Å². The minimum Gasteiger partial charge on any atom is -0.466 e. The van der Waals surface area contributed by atoms with Crippen molar-refractivity contribution in [3.63, 3.8) is 0 Å². The smallest absolute Gasteiger partial charge is 0.310 e. The minimum absolute atomic E-state index is 0.109. The lowest BCUT2D eigenvalue weighted by Gasteiger charge is -2.33. The molecule has 0 unspecified atom stereocenters. The van der Waals surface area contributed by atoms with Gasteiger partial charge in [0.05, 0.1) is 12.5 Å². The maximum Gasteiger partial charge on any atom is 0.310 e. The van der Waals surface area contributed by atoms with Crippen molar-refractivity contribution in [3.8, 4) is 11.4 Å². The molecule has 2 aromatic rings. The van der Waals surface area contributed by atoms with E-state index >= 15 is 0 Å². The molecule has 2 aliphatic heterocycles. The molecule has 31 heavy (non-hydrogen) atoms. The fourth-order valence-electron chi connectivity index (χ4n) is 4.05. The van der Waals surface area contributed by atoms with Gasteiger partial charge in [0.1, 0.15) is 11.4 Å². The van der Waals surface area contributed by atoms with Crippen molar-refractivity contribution in [2.75, 3.05) is 49.2 Å². The van der Waals surface area contributed by atoms with Gasteiger partial charge in [-0.15, -0.1) is 0 Å². The highest BCUT2D eigenvalue weighted by atomic mass is 32.2. The Balaban J connectivity index is 1.63. The summed E-state index contributed by atoms with van der Waals surface area (Å²) < 4.78 is 5.19. The van der Waals surface area contributed by atoms with E-state index in [2.05, 4.69) is 9.88 Å². The maximum absolute atomic E-state index is 13.5. The third kappa shape index (κ3) is 5.01. The highest BCUT2D eigenvalue weighted by Crippen LogP contribution is 2.27. The molecule has 1 amide bonds. The summed E-state index contributed by atoms with van der Waals surface area (Å²) in [5.41, 5.74) is 1.44. The molecule has 0 spiro atoms. The molecule has 2 fully saturated rings. The topological polar surface area (TPSA) is 75.6 Å². The minimum atomic E-state index is -0.267. The summed E-state index contributed by atoms with van der Waals surface area (Å²) in [5.74, 6) is 2.73. The Morgan fingerprint density at radius 1 is 1.16 bits per heavy atom. The van der Waals surface area contributed by atoms with Crippen LogP contribution < -0.4 is 4.90 Å². The van der Waals surface area contributed by atoms with Crippen LogP contribution in [0.4, 0.5) is 5.82 Å². The molecule has 2 saturated heterocycles. The van der Waals surface area contributed by atoms with Crippen LogP contribution in [0.2, 0.25) is 0 Å². The van der Waals surface area contributed by atoms with E-state index in [1.807, 2.05) is 42.1 Å². The number of ether oxygens (including phenoxy) is 1. The Kier molecular flexibility index (Phi) is 7.06. The van der Waals surface area contributed by atoms with E-state index in [-0.39, 0.29) is 17.8 Å². The molecule has 0 N–H and O–H groups in total. The van der Waals surface area contributed by atoms with E-state index in [4.69, 9.17) is 9.72 Å². The second-order valence-corrected chi connectivity index (χ2v) is 8.96. The summed E-state index contributed by atoms with van der Waals surface area (Å²) in [6.45, 7) is 4.87. The standard InChI is InChI=1S/C23H28N4O3S/c1-2-30-23(29)18-9-6-10-27(16-18)22(28)19-15-24-20(17-7-4-3-5-8-17)25-21(19)26-11-13-31-14-12-26/h3-5,7-8,15,18H,2,6,9-14,16H2,1H3/t18-/m1/s1. The number of carbonyl (C=O) groups excluding carboxylic acids is 2. The van der Waals surface area contributed by atoms with Crippen LogP contribution in [0.1, 0.15) is 30.1 Å². The number of nitrogens with zero attached hydrogens (tertiary/aromatic N) is 4. The van der Waals surface area contributed by atoms with Crippen molar-refractivity contribution in [2.45, 2.75) is 19.8 Å². The summed E-state index contributed by atoms with van der Waals surface area (Å²) in [6, 6.07) is 9.82. The van der Waals surface area contributed by atoms with Gasteiger partial charge in [-0.2, -0.15) is 11.8 Å². The van der Waals surface area contributed by atoms with Crippen LogP contribution in [0.5, 0.6) is 0 Å². The highest BCUT2D eigenvalue weighted by Gasteiger charge is 2.32. The third-order valence-electron chi connectivity index (χ3n) is 5.67. The SMILES string of the molecule is CCOC(=O)[C@@H]1CCCN(C(=O)c2cnc(-c3ccccc3)nc2N2CCSCC2)C1. The van der Waals surface area contributed by atoms with Gasteiger partial charge in [-0.05, 0) is 19.8 Å². The zero-order chi connectivity index (χ0) is 21.6. The van der Waals surface area contributed by atoms with E-state index < -0.39 is 0 Å². The number of likely N-dealkylation sites (tertiary alicyclic amines) is 1. The van der Waals surface area contributed by atoms with Gasteiger partial charge in [-0.25, -0.2) is 9.97 Å². The number of amides is 1. The molecule has 1 aromatic carbocycles. The van der Waals surface area contributed by atoms with Gasteiger partial charge < -0.3 is 14.5 Å². The van der Waals surface area contributed by atoms with E-state index in [1.54, 1.807) is 18.0 Å². The second-order valence-electron chi connectivity index (χ2n) is 7.74. The Morgan fingerprint density at radius 2 is 1.94 bits per heavy atom. The number of hydrogen-bond donors (Lipinski definition) is 0. The first-order chi connectivity index (χ1) is 15.2. The Labute approximate surface area is 187 Å². The molecular formula is C23H28N4O3S. The Morgan fingerprint density at radius 3 is 2.68 bits per heavy atom. The van der Waals surface area contributed by atoms with Gasteiger partial charge in [-0.1, -0.05) is 30.3 Å². The van der Waals surface area contributed by atoms with Gasteiger partial charge in [-0.3, -0.25) is 9.59 Å². The summed E-state index contributed by atoms with van der Waals surface area (Å²) in [6.07, 6.45) is 3.19. The molecule has 4 rings (SSSR count). The maximum atomic E-state index is 13.5. The second kappa shape index (κ2) is 10.1. The average Bonchev–Trinajstić information content (AvgIpc) is 2.84. The summed E-state index contributed by atoms with van der Waals surface area (Å²) in [4.78, 5) is 39.0. The molecule has 8 heteroatoms. The van der Waals surface area contributed by atoms with Gasteiger partial charge in [0.2, 0.25) is 0 Å². The molecule has 164 valence electrons. The largest absolute Gasteiger partial charge is 0.466 e. The lowest BCUT2D eigenvalue weighted by molar-refractivity contribution is -0.149. The number of esters is 1. The van der Waals surface area contributed by atoms with Crippen LogP contribution >= 0.6 is 11.8 Å². The number of aromatic nitrogens is 2. The van der Waals surface area contributed by atoms with Crippen LogP contribution in [0.3, 0.4) is 0 Å². The van der Waals surface area contributed by atoms with Crippen LogP contribution in [0.15, 0.2) is 36.5 Å².